The van der Waals surface area contributed by atoms with E-state index in [4.69, 9.17) is 10.5 Å². The zero-order valence-corrected chi connectivity index (χ0v) is 13.8. The maximum absolute atomic E-state index is 12.7. The first-order chi connectivity index (χ1) is 12.0. The van der Waals surface area contributed by atoms with Gasteiger partial charge in [-0.1, -0.05) is 36.4 Å². The molecule has 25 heavy (non-hydrogen) atoms. The quantitative estimate of drug-likeness (QED) is 0.913. The van der Waals surface area contributed by atoms with Gasteiger partial charge in [-0.05, 0) is 28.8 Å². The van der Waals surface area contributed by atoms with Gasteiger partial charge in [0.15, 0.2) is 0 Å². The molecule has 0 aromatic heterocycles. The van der Waals surface area contributed by atoms with Gasteiger partial charge in [-0.15, -0.1) is 0 Å². The molecule has 1 unspecified atom stereocenters. The SMILES string of the molecule is NCc1ccc(CN2CCOC(c3ccc(C(F)(F)F)cc3)C2)cc1. The molecule has 0 spiro atoms. The molecule has 2 N–H and O–H groups in total. The summed E-state index contributed by atoms with van der Waals surface area (Å²) in [5, 5.41) is 0. The van der Waals surface area contributed by atoms with Gasteiger partial charge in [0.05, 0.1) is 18.3 Å². The summed E-state index contributed by atoms with van der Waals surface area (Å²) in [5.74, 6) is 0. The molecule has 0 saturated carbocycles. The van der Waals surface area contributed by atoms with Gasteiger partial charge >= 0.3 is 6.18 Å². The van der Waals surface area contributed by atoms with E-state index in [1.165, 1.54) is 17.7 Å². The van der Waals surface area contributed by atoms with Gasteiger partial charge in [0.25, 0.3) is 0 Å². The third kappa shape index (κ3) is 4.60. The van der Waals surface area contributed by atoms with Crippen LogP contribution in [0.2, 0.25) is 0 Å². The molecule has 0 radical (unpaired) electrons. The van der Waals surface area contributed by atoms with Gasteiger partial charge in [0, 0.05) is 26.2 Å². The fraction of sp³-hybridized carbons (Fsp3) is 0.368. The number of benzene rings is 2. The Morgan fingerprint density at radius 2 is 1.64 bits per heavy atom. The molecule has 1 fully saturated rings. The van der Waals surface area contributed by atoms with Gasteiger partial charge in [-0.25, -0.2) is 0 Å². The lowest BCUT2D eigenvalue weighted by Crippen LogP contribution is -2.37. The second-order valence-corrected chi connectivity index (χ2v) is 6.23. The van der Waals surface area contributed by atoms with Crippen LogP contribution in [0.1, 0.15) is 28.4 Å². The summed E-state index contributed by atoms with van der Waals surface area (Å²) < 4.78 is 43.8. The Morgan fingerprint density at radius 1 is 1.00 bits per heavy atom. The zero-order chi connectivity index (χ0) is 17.9. The fourth-order valence-electron chi connectivity index (χ4n) is 2.97. The summed E-state index contributed by atoms with van der Waals surface area (Å²) in [6.07, 6.45) is -4.52. The number of nitrogens with two attached hydrogens (primary N) is 1. The average molecular weight is 350 g/mol. The Balaban J connectivity index is 1.64. The summed E-state index contributed by atoms with van der Waals surface area (Å²) in [6, 6.07) is 13.4. The van der Waals surface area contributed by atoms with Gasteiger partial charge in [-0.3, -0.25) is 4.90 Å². The summed E-state index contributed by atoms with van der Waals surface area (Å²) in [6.45, 7) is 3.32. The van der Waals surface area contributed by atoms with Crippen molar-refractivity contribution in [3.63, 3.8) is 0 Å². The Kier molecular flexibility index (Phi) is 5.42. The second kappa shape index (κ2) is 7.56. The van der Waals surface area contributed by atoms with E-state index >= 15 is 0 Å². The lowest BCUT2D eigenvalue weighted by atomic mass is 10.0. The van der Waals surface area contributed by atoms with Crippen LogP contribution in [-0.2, 0) is 24.0 Å². The molecule has 1 saturated heterocycles. The minimum absolute atomic E-state index is 0.209. The first kappa shape index (κ1) is 17.9. The van der Waals surface area contributed by atoms with Crippen molar-refractivity contribution >= 4 is 0 Å². The zero-order valence-electron chi connectivity index (χ0n) is 13.8. The lowest BCUT2D eigenvalue weighted by molar-refractivity contribution is -0.137. The predicted octanol–water partition coefficient (Wildman–Crippen LogP) is 3.74. The number of hydrogen-bond acceptors (Lipinski definition) is 3. The van der Waals surface area contributed by atoms with E-state index in [1.54, 1.807) is 0 Å². The number of ether oxygens (including phenoxy) is 1. The molecule has 1 aliphatic rings. The fourth-order valence-corrected chi connectivity index (χ4v) is 2.97. The van der Waals surface area contributed by atoms with Crippen molar-refractivity contribution in [3.8, 4) is 0 Å². The van der Waals surface area contributed by atoms with E-state index in [1.807, 2.05) is 12.1 Å². The van der Waals surface area contributed by atoms with Gasteiger partial charge < -0.3 is 10.5 Å². The standard InChI is InChI=1S/C19H21F3N2O/c20-19(21,22)17-7-5-16(6-8-17)18-13-24(9-10-25-18)12-15-3-1-14(11-23)2-4-15/h1-8,18H,9-13,23H2. The third-order valence-corrected chi connectivity index (χ3v) is 4.43. The van der Waals surface area contributed by atoms with Crippen LogP contribution >= 0.6 is 0 Å². The first-order valence-corrected chi connectivity index (χ1v) is 8.25. The van der Waals surface area contributed by atoms with Crippen molar-refractivity contribution in [1.82, 2.24) is 4.90 Å². The van der Waals surface area contributed by atoms with Gasteiger partial charge in [0.1, 0.15) is 0 Å². The minimum Gasteiger partial charge on any atom is -0.371 e. The lowest BCUT2D eigenvalue weighted by Gasteiger charge is -2.33. The molecule has 2 aromatic carbocycles. The Morgan fingerprint density at radius 3 is 2.24 bits per heavy atom. The topological polar surface area (TPSA) is 38.5 Å². The summed E-state index contributed by atoms with van der Waals surface area (Å²) in [5.41, 5.74) is 8.02. The number of alkyl halides is 3. The first-order valence-electron chi connectivity index (χ1n) is 8.25. The number of halogens is 3. The molecule has 0 amide bonds. The van der Waals surface area contributed by atoms with Crippen molar-refractivity contribution < 1.29 is 17.9 Å². The highest BCUT2D eigenvalue weighted by Gasteiger charge is 2.30. The van der Waals surface area contributed by atoms with Gasteiger partial charge in [-0.2, -0.15) is 13.2 Å². The van der Waals surface area contributed by atoms with Crippen LogP contribution in [0.5, 0.6) is 0 Å². The van der Waals surface area contributed by atoms with Crippen LogP contribution in [0.3, 0.4) is 0 Å². The van der Waals surface area contributed by atoms with Gasteiger partial charge in [0.2, 0.25) is 0 Å². The highest BCUT2D eigenvalue weighted by molar-refractivity contribution is 5.27. The molecular formula is C19H21F3N2O. The Bertz CT molecular complexity index is 683. The summed E-state index contributed by atoms with van der Waals surface area (Å²) >= 11 is 0. The molecule has 6 heteroatoms. The normalized spacial score (nSPS) is 19.1. The van der Waals surface area contributed by atoms with Crippen LogP contribution in [0.15, 0.2) is 48.5 Å². The van der Waals surface area contributed by atoms with Crippen LogP contribution < -0.4 is 5.73 Å². The second-order valence-electron chi connectivity index (χ2n) is 6.23. The average Bonchev–Trinajstić information content (AvgIpc) is 2.62. The van der Waals surface area contributed by atoms with Crippen LogP contribution in [0.4, 0.5) is 13.2 Å². The van der Waals surface area contributed by atoms with E-state index in [0.717, 1.165) is 36.3 Å². The minimum atomic E-state index is -4.31. The molecule has 3 nitrogen and oxygen atoms in total. The van der Waals surface area contributed by atoms with E-state index in [0.29, 0.717) is 19.7 Å². The van der Waals surface area contributed by atoms with Crippen molar-refractivity contribution in [2.75, 3.05) is 19.7 Å². The van der Waals surface area contributed by atoms with Crippen LogP contribution in [-0.4, -0.2) is 24.6 Å². The van der Waals surface area contributed by atoms with Crippen molar-refractivity contribution in [3.05, 3.63) is 70.8 Å². The molecule has 134 valence electrons. The Hall–Kier alpha value is -1.89. The van der Waals surface area contributed by atoms with E-state index in [2.05, 4.69) is 17.0 Å². The maximum atomic E-state index is 12.7. The van der Waals surface area contributed by atoms with E-state index in [9.17, 15) is 13.2 Å². The number of rotatable bonds is 4. The predicted molar refractivity (Wildman–Crippen MR) is 89.7 cm³/mol. The Labute approximate surface area is 145 Å². The smallest absolute Gasteiger partial charge is 0.371 e. The molecule has 3 rings (SSSR count). The monoisotopic (exact) mass is 350 g/mol. The number of hydrogen-bond donors (Lipinski definition) is 1. The largest absolute Gasteiger partial charge is 0.416 e. The molecule has 0 bridgehead atoms. The number of morpholine rings is 1. The van der Waals surface area contributed by atoms with Crippen molar-refractivity contribution in [1.29, 1.82) is 0 Å². The maximum Gasteiger partial charge on any atom is 0.416 e. The van der Waals surface area contributed by atoms with Crippen molar-refractivity contribution in [2.24, 2.45) is 5.73 Å². The van der Waals surface area contributed by atoms with Crippen LogP contribution in [0.25, 0.3) is 0 Å². The van der Waals surface area contributed by atoms with E-state index in [-0.39, 0.29) is 6.10 Å². The molecule has 1 atom stereocenters. The molecule has 2 aromatic rings. The molecule has 0 aliphatic carbocycles. The van der Waals surface area contributed by atoms with E-state index < -0.39 is 11.7 Å². The molecule has 1 heterocycles. The summed E-state index contributed by atoms with van der Waals surface area (Å²) in [7, 11) is 0. The molecular weight excluding hydrogens is 329 g/mol. The highest BCUT2D eigenvalue weighted by Crippen LogP contribution is 2.31. The third-order valence-electron chi connectivity index (χ3n) is 4.43. The summed E-state index contributed by atoms with van der Waals surface area (Å²) in [4.78, 5) is 2.25. The van der Waals surface area contributed by atoms with Crippen LogP contribution in [0, 0.1) is 0 Å². The molecule has 1 aliphatic heterocycles. The highest BCUT2D eigenvalue weighted by atomic mass is 19.4. The number of nitrogens with zero attached hydrogens (tertiary/aromatic N) is 1. The van der Waals surface area contributed by atoms with Crippen molar-refractivity contribution in [2.45, 2.75) is 25.4 Å².